The molecule has 2 heteroatoms. The fourth-order valence-electron chi connectivity index (χ4n) is 2.40. The Morgan fingerprint density at radius 2 is 1.59 bits per heavy atom. The second-order valence-corrected chi connectivity index (χ2v) is 6.63. The molecular weight excluding hydrogens is 268 g/mol. The Morgan fingerprint density at radius 1 is 0.909 bits per heavy atom. The maximum atomic E-state index is 4.83. The second kappa shape index (κ2) is 7.88. The lowest BCUT2D eigenvalue weighted by molar-refractivity contribution is 0.615. The fraction of sp³-hybridized carbons (Fsp3) is 0.400. The maximum Gasteiger partial charge on any atom is 0.0848 e. The summed E-state index contributed by atoms with van der Waals surface area (Å²) < 4.78 is 0. The predicted octanol–water partition coefficient (Wildman–Crippen LogP) is 5.04. The smallest absolute Gasteiger partial charge is 0.0848 e. The molecule has 1 aromatic carbocycles. The van der Waals surface area contributed by atoms with Crippen LogP contribution in [0.3, 0.4) is 0 Å². The number of hydrogen-bond acceptors (Lipinski definition) is 2. The van der Waals surface area contributed by atoms with Gasteiger partial charge in [-0.1, -0.05) is 64.1 Å². The predicted molar refractivity (Wildman–Crippen MR) is 94.5 cm³/mol. The molecule has 0 spiro atoms. The summed E-state index contributed by atoms with van der Waals surface area (Å²) >= 11 is 0. The highest BCUT2D eigenvalue weighted by atomic mass is 14.8. The van der Waals surface area contributed by atoms with E-state index in [4.69, 9.17) is 4.98 Å². The molecule has 2 aromatic rings. The Morgan fingerprint density at radius 3 is 2.23 bits per heavy atom. The van der Waals surface area contributed by atoms with Crippen LogP contribution in [0, 0.1) is 11.8 Å². The molecular formula is C20H26N2. The van der Waals surface area contributed by atoms with Crippen LogP contribution in [0.25, 0.3) is 12.2 Å². The van der Waals surface area contributed by atoms with Crippen molar-refractivity contribution < 1.29 is 0 Å². The molecule has 0 aliphatic carbocycles. The highest BCUT2D eigenvalue weighted by Crippen LogP contribution is 2.15. The van der Waals surface area contributed by atoms with Gasteiger partial charge < -0.3 is 0 Å². The topological polar surface area (TPSA) is 25.8 Å². The van der Waals surface area contributed by atoms with Crippen LogP contribution in [0.5, 0.6) is 0 Å². The standard InChI is InChI=1S/C20H26N2/c1-15(2)12-18-14-21-20(13-16(3)4)19(22-18)11-10-17-8-6-5-7-9-17/h5-11,14-16H,12-13H2,1-4H3/b11-10+. The fourth-order valence-corrected chi connectivity index (χ4v) is 2.40. The first-order valence-electron chi connectivity index (χ1n) is 8.12. The van der Waals surface area contributed by atoms with Gasteiger partial charge >= 0.3 is 0 Å². The zero-order chi connectivity index (χ0) is 15.9. The average molecular weight is 294 g/mol. The van der Waals surface area contributed by atoms with Crippen LogP contribution in [0.2, 0.25) is 0 Å². The van der Waals surface area contributed by atoms with Gasteiger partial charge in [-0.3, -0.25) is 4.98 Å². The van der Waals surface area contributed by atoms with Crippen molar-refractivity contribution in [3.05, 3.63) is 59.2 Å². The Kier molecular flexibility index (Phi) is 5.88. The lowest BCUT2D eigenvalue weighted by atomic mass is 10.0. The molecule has 0 N–H and O–H groups in total. The number of benzene rings is 1. The highest BCUT2D eigenvalue weighted by Gasteiger charge is 2.08. The molecule has 116 valence electrons. The minimum absolute atomic E-state index is 0.578. The van der Waals surface area contributed by atoms with E-state index in [0.29, 0.717) is 11.8 Å². The van der Waals surface area contributed by atoms with E-state index in [2.05, 4.69) is 69.1 Å². The quantitative estimate of drug-likeness (QED) is 0.745. The molecule has 2 rings (SSSR count). The van der Waals surface area contributed by atoms with Gasteiger partial charge in [0.25, 0.3) is 0 Å². The van der Waals surface area contributed by atoms with E-state index in [1.807, 2.05) is 12.3 Å². The van der Waals surface area contributed by atoms with Gasteiger partial charge in [-0.25, -0.2) is 4.98 Å². The molecule has 0 unspecified atom stereocenters. The van der Waals surface area contributed by atoms with Gasteiger partial charge in [0.2, 0.25) is 0 Å². The Balaban J connectivity index is 2.29. The second-order valence-electron chi connectivity index (χ2n) is 6.63. The molecule has 0 amide bonds. The van der Waals surface area contributed by atoms with Gasteiger partial charge in [-0.05, 0) is 36.3 Å². The lowest BCUT2D eigenvalue weighted by Gasteiger charge is -2.10. The van der Waals surface area contributed by atoms with E-state index in [1.54, 1.807) is 0 Å². The molecule has 0 bridgehead atoms. The van der Waals surface area contributed by atoms with Crippen LogP contribution < -0.4 is 0 Å². The molecule has 0 fully saturated rings. The van der Waals surface area contributed by atoms with Crippen molar-refractivity contribution >= 4 is 12.2 Å². The summed E-state index contributed by atoms with van der Waals surface area (Å²) in [5, 5.41) is 0. The monoisotopic (exact) mass is 294 g/mol. The van der Waals surface area contributed by atoms with Crippen LogP contribution in [-0.2, 0) is 12.8 Å². The zero-order valence-corrected chi connectivity index (χ0v) is 14.1. The number of rotatable bonds is 6. The minimum atomic E-state index is 0.578. The Bertz CT molecular complexity index is 613. The molecule has 0 saturated carbocycles. The molecule has 1 aromatic heterocycles. The van der Waals surface area contributed by atoms with Crippen LogP contribution in [0.1, 0.15) is 50.3 Å². The lowest BCUT2D eigenvalue weighted by Crippen LogP contribution is -2.06. The summed E-state index contributed by atoms with van der Waals surface area (Å²) in [5.41, 5.74) is 4.37. The van der Waals surface area contributed by atoms with Crippen LogP contribution in [-0.4, -0.2) is 9.97 Å². The summed E-state index contributed by atoms with van der Waals surface area (Å²) in [4.78, 5) is 9.50. The van der Waals surface area contributed by atoms with E-state index in [9.17, 15) is 0 Å². The van der Waals surface area contributed by atoms with Crippen molar-refractivity contribution in [2.45, 2.75) is 40.5 Å². The summed E-state index contributed by atoms with van der Waals surface area (Å²) in [7, 11) is 0. The summed E-state index contributed by atoms with van der Waals surface area (Å²) in [6.45, 7) is 8.86. The van der Waals surface area contributed by atoms with E-state index < -0.39 is 0 Å². The van der Waals surface area contributed by atoms with E-state index >= 15 is 0 Å². The maximum absolute atomic E-state index is 4.83. The van der Waals surface area contributed by atoms with Crippen LogP contribution in [0.15, 0.2) is 36.5 Å². The zero-order valence-electron chi connectivity index (χ0n) is 14.1. The third kappa shape index (κ3) is 5.10. The number of aromatic nitrogens is 2. The SMILES string of the molecule is CC(C)Cc1cnc(CC(C)C)c(/C=C/c2ccccc2)n1. The molecule has 0 aliphatic rings. The van der Waals surface area contributed by atoms with Crippen LogP contribution in [0.4, 0.5) is 0 Å². The Labute approximate surface area is 134 Å². The van der Waals surface area contributed by atoms with Gasteiger partial charge in [0.1, 0.15) is 0 Å². The van der Waals surface area contributed by atoms with Gasteiger partial charge in [-0.15, -0.1) is 0 Å². The van der Waals surface area contributed by atoms with Gasteiger partial charge in [0.15, 0.2) is 0 Å². The molecule has 0 radical (unpaired) electrons. The van der Waals surface area contributed by atoms with Crippen molar-refractivity contribution in [2.24, 2.45) is 11.8 Å². The van der Waals surface area contributed by atoms with Gasteiger partial charge in [0, 0.05) is 6.20 Å². The number of hydrogen-bond donors (Lipinski definition) is 0. The molecule has 0 atom stereocenters. The summed E-state index contributed by atoms with van der Waals surface area (Å²) in [6, 6.07) is 10.3. The third-order valence-electron chi connectivity index (χ3n) is 3.38. The first-order chi connectivity index (χ1) is 10.5. The van der Waals surface area contributed by atoms with Crippen molar-refractivity contribution in [1.29, 1.82) is 0 Å². The molecule has 2 nitrogen and oxygen atoms in total. The van der Waals surface area contributed by atoms with Gasteiger partial charge in [-0.2, -0.15) is 0 Å². The average Bonchev–Trinajstić information content (AvgIpc) is 2.47. The van der Waals surface area contributed by atoms with Crippen LogP contribution >= 0.6 is 0 Å². The minimum Gasteiger partial charge on any atom is -0.257 e. The van der Waals surface area contributed by atoms with E-state index in [0.717, 1.165) is 29.9 Å². The summed E-state index contributed by atoms with van der Waals surface area (Å²) in [6.07, 6.45) is 8.10. The van der Waals surface area contributed by atoms with E-state index in [-0.39, 0.29) is 0 Å². The highest BCUT2D eigenvalue weighted by molar-refractivity contribution is 5.68. The summed E-state index contributed by atoms with van der Waals surface area (Å²) in [5.74, 6) is 1.17. The number of nitrogens with zero attached hydrogens (tertiary/aromatic N) is 2. The van der Waals surface area contributed by atoms with Crippen molar-refractivity contribution in [3.8, 4) is 0 Å². The Hall–Kier alpha value is -1.96. The first kappa shape index (κ1) is 16.4. The molecule has 0 saturated heterocycles. The van der Waals surface area contributed by atoms with Crippen molar-refractivity contribution in [2.75, 3.05) is 0 Å². The van der Waals surface area contributed by atoms with Gasteiger partial charge in [0.05, 0.1) is 17.1 Å². The first-order valence-corrected chi connectivity index (χ1v) is 8.12. The molecule has 1 heterocycles. The molecule has 22 heavy (non-hydrogen) atoms. The van der Waals surface area contributed by atoms with Crippen molar-refractivity contribution in [3.63, 3.8) is 0 Å². The molecule has 0 aliphatic heterocycles. The largest absolute Gasteiger partial charge is 0.257 e. The third-order valence-corrected chi connectivity index (χ3v) is 3.38. The normalized spacial score (nSPS) is 11.7. The van der Waals surface area contributed by atoms with E-state index in [1.165, 1.54) is 5.56 Å². The van der Waals surface area contributed by atoms with Crippen molar-refractivity contribution in [1.82, 2.24) is 9.97 Å².